The summed E-state index contributed by atoms with van der Waals surface area (Å²) in [6.45, 7) is 0. The summed E-state index contributed by atoms with van der Waals surface area (Å²) in [5.41, 5.74) is 0. The van der Waals surface area contributed by atoms with E-state index in [0.717, 1.165) is 15.9 Å². The van der Waals surface area contributed by atoms with Gasteiger partial charge in [0.05, 0.1) is 5.02 Å². The second-order valence-corrected chi connectivity index (χ2v) is 8.83. The minimum absolute atomic E-state index is 0. The van der Waals surface area contributed by atoms with Crippen LogP contribution in [0.25, 0.3) is 0 Å². The van der Waals surface area contributed by atoms with E-state index in [1.165, 1.54) is 0 Å². The fraction of sp³-hybridized carbons (Fsp3) is 0.0526. The molecule has 0 nitrogen and oxygen atoms in total. The molecule has 0 heterocycles. The van der Waals surface area contributed by atoms with Crippen LogP contribution in [-0.2, 0) is 0 Å². The number of halogens is 3. The third-order valence-electron chi connectivity index (χ3n) is 3.84. The smallest absolute Gasteiger partial charge is 0.210 e. The predicted octanol–water partition coefficient (Wildman–Crippen LogP) is 1.56. The van der Waals surface area contributed by atoms with Gasteiger partial charge in [-0.25, -0.2) is 4.39 Å². The van der Waals surface area contributed by atoms with Crippen molar-refractivity contribution in [1.29, 1.82) is 0 Å². The zero-order chi connectivity index (χ0) is 15.4. The molecule has 0 N–H and O–H groups in total. The Morgan fingerprint density at radius 1 is 0.696 bits per heavy atom. The monoisotopic (exact) mass is 364 g/mol. The topological polar surface area (TPSA) is 0 Å². The molecule has 0 saturated heterocycles. The van der Waals surface area contributed by atoms with Crippen LogP contribution in [0.2, 0.25) is 5.02 Å². The van der Waals surface area contributed by atoms with Crippen LogP contribution in [0.1, 0.15) is 0 Å². The van der Waals surface area contributed by atoms with Gasteiger partial charge in [-0.1, -0.05) is 60.1 Å². The molecule has 0 aromatic heterocycles. The summed E-state index contributed by atoms with van der Waals surface area (Å²) in [6, 6.07) is 27.4. The lowest BCUT2D eigenvalue weighted by Crippen LogP contribution is -3.00. The highest BCUT2D eigenvalue weighted by Gasteiger charge is 2.47. The predicted molar refractivity (Wildman–Crippen MR) is 96.1 cm³/mol. The van der Waals surface area contributed by atoms with Crippen molar-refractivity contribution in [2.24, 2.45) is 0 Å². The van der Waals surface area contributed by atoms with E-state index in [0.29, 0.717) is 5.02 Å². The maximum absolute atomic E-state index is 14.5. The van der Waals surface area contributed by atoms with Gasteiger partial charge in [-0.3, -0.25) is 0 Å². The highest BCUT2D eigenvalue weighted by molar-refractivity contribution is 7.95. The lowest BCUT2D eigenvalue weighted by molar-refractivity contribution is -0.00000458. The molecule has 0 unspecified atom stereocenters. The fourth-order valence-electron chi connectivity index (χ4n) is 2.76. The molecule has 0 atom stereocenters. The maximum Gasteiger partial charge on any atom is 0.210 e. The van der Waals surface area contributed by atoms with Crippen LogP contribution < -0.4 is 28.3 Å². The zero-order valence-electron chi connectivity index (χ0n) is 12.4. The van der Waals surface area contributed by atoms with Crippen molar-refractivity contribution in [2.45, 2.75) is 0 Å². The second-order valence-electron chi connectivity index (χ2n) is 5.05. The third kappa shape index (κ3) is 3.28. The van der Waals surface area contributed by atoms with Gasteiger partial charge in [-0.2, -0.15) is 0 Å². The van der Waals surface area contributed by atoms with Crippen molar-refractivity contribution in [2.75, 3.05) is 6.42 Å². The van der Waals surface area contributed by atoms with E-state index in [1.807, 2.05) is 84.9 Å². The van der Waals surface area contributed by atoms with Crippen LogP contribution in [0.15, 0.2) is 84.9 Å². The molecule has 118 valence electrons. The highest BCUT2D eigenvalue weighted by atomic mass is 35.5. The fourth-order valence-corrected chi connectivity index (χ4v) is 6.73. The molecule has 0 amide bonds. The molecule has 0 radical (unpaired) electrons. The number of hydrogen-bond donors (Lipinski definition) is 0. The summed E-state index contributed by atoms with van der Waals surface area (Å²) in [5, 5.41) is 3.55. The van der Waals surface area contributed by atoms with Crippen LogP contribution >= 0.6 is 18.9 Å². The summed E-state index contributed by atoms with van der Waals surface area (Å²) in [6.07, 6.45) is -0.440. The Bertz CT molecular complexity index is 708. The molecule has 0 aliphatic rings. The first-order chi connectivity index (χ1) is 10.8. The van der Waals surface area contributed by atoms with Gasteiger partial charge in [0.1, 0.15) is 23.2 Å². The summed E-state index contributed by atoms with van der Waals surface area (Å²) in [7, 11) is -2.37. The van der Waals surface area contributed by atoms with E-state index < -0.39 is 13.7 Å². The van der Waals surface area contributed by atoms with Crippen LogP contribution in [0.4, 0.5) is 4.39 Å². The third-order valence-corrected chi connectivity index (χ3v) is 8.23. The summed E-state index contributed by atoms with van der Waals surface area (Å²) < 4.78 is 14.5. The van der Waals surface area contributed by atoms with Crippen LogP contribution in [0.3, 0.4) is 0 Å². The number of alkyl halides is 1. The Morgan fingerprint density at radius 2 is 1.13 bits per heavy atom. The lowest BCUT2D eigenvalue weighted by atomic mass is 10.3. The molecule has 0 bridgehead atoms. The van der Waals surface area contributed by atoms with E-state index in [2.05, 4.69) is 0 Å². The Balaban J connectivity index is 0.00000192. The lowest BCUT2D eigenvalue weighted by Gasteiger charge is -2.25. The largest absolute Gasteiger partial charge is 1.00 e. The molecule has 0 aliphatic heterocycles. The van der Waals surface area contributed by atoms with Crippen LogP contribution in [0.5, 0.6) is 0 Å². The van der Waals surface area contributed by atoms with Gasteiger partial charge in [0, 0.05) is 0 Å². The van der Waals surface area contributed by atoms with E-state index in [4.69, 9.17) is 11.6 Å². The van der Waals surface area contributed by atoms with Gasteiger partial charge in [-0.05, 0) is 36.4 Å². The van der Waals surface area contributed by atoms with Crippen molar-refractivity contribution in [3.63, 3.8) is 0 Å². The van der Waals surface area contributed by atoms with Gasteiger partial charge in [-0.15, -0.1) is 0 Å². The van der Waals surface area contributed by atoms with E-state index in [-0.39, 0.29) is 12.4 Å². The SMILES string of the molecule is FC[P+](c1ccccc1)(c1ccccc1)c1ccccc1Cl.[Cl-]. The van der Waals surface area contributed by atoms with Gasteiger partial charge in [0.2, 0.25) is 6.42 Å². The van der Waals surface area contributed by atoms with Crippen LogP contribution in [-0.4, -0.2) is 6.42 Å². The molecule has 0 spiro atoms. The number of benzene rings is 3. The molecule has 23 heavy (non-hydrogen) atoms. The molecular weight excluding hydrogens is 349 g/mol. The van der Waals surface area contributed by atoms with E-state index in [1.54, 1.807) is 0 Å². The van der Waals surface area contributed by atoms with Gasteiger partial charge < -0.3 is 12.4 Å². The van der Waals surface area contributed by atoms with E-state index in [9.17, 15) is 4.39 Å². The summed E-state index contributed by atoms with van der Waals surface area (Å²) >= 11 is 6.45. The van der Waals surface area contributed by atoms with Crippen molar-refractivity contribution in [3.8, 4) is 0 Å². The molecular formula is C19H16Cl2FP. The van der Waals surface area contributed by atoms with Crippen molar-refractivity contribution in [3.05, 3.63) is 90.0 Å². The average molecular weight is 365 g/mol. The molecule has 0 aliphatic carbocycles. The zero-order valence-corrected chi connectivity index (χ0v) is 14.8. The van der Waals surface area contributed by atoms with Gasteiger partial charge in [0.25, 0.3) is 0 Å². The second kappa shape index (κ2) is 7.93. The first-order valence-corrected chi connectivity index (χ1v) is 9.44. The molecule has 0 saturated carbocycles. The standard InChI is InChI=1S/C19H16ClFP.ClH/c20-18-13-7-8-14-19(18)22(15-21,16-9-3-1-4-10-16)17-11-5-2-6-12-17;/h1-14H,15H2;1H/q+1;/p-1. The first-order valence-electron chi connectivity index (χ1n) is 7.09. The maximum atomic E-state index is 14.5. The van der Waals surface area contributed by atoms with Gasteiger partial charge in [0.15, 0.2) is 0 Å². The molecule has 0 fully saturated rings. The summed E-state index contributed by atoms with van der Waals surface area (Å²) in [5.74, 6) is 0. The highest BCUT2D eigenvalue weighted by Crippen LogP contribution is 2.56. The van der Waals surface area contributed by atoms with Crippen molar-refractivity contribution >= 4 is 34.8 Å². The number of rotatable bonds is 4. The van der Waals surface area contributed by atoms with Crippen molar-refractivity contribution in [1.82, 2.24) is 0 Å². The van der Waals surface area contributed by atoms with Crippen LogP contribution in [0, 0.1) is 0 Å². The Hall–Kier alpha value is -1.40. The normalized spacial score (nSPS) is 10.9. The molecule has 3 aromatic rings. The Morgan fingerprint density at radius 3 is 1.57 bits per heavy atom. The number of hydrogen-bond acceptors (Lipinski definition) is 0. The minimum atomic E-state index is -2.37. The van der Waals surface area contributed by atoms with Crippen molar-refractivity contribution < 1.29 is 16.8 Å². The van der Waals surface area contributed by atoms with Gasteiger partial charge >= 0.3 is 0 Å². The molecule has 3 aromatic carbocycles. The average Bonchev–Trinajstić information content (AvgIpc) is 2.59. The molecule has 4 heteroatoms. The van der Waals surface area contributed by atoms with E-state index >= 15 is 0 Å². The molecule has 3 rings (SSSR count). The Kier molecular flexibility index (Phi) is 6.18. The minimum Gasteiger partial charge on any atom is -1.00 e. The quantitative estimate of drug-likeness (QED) is 0.616. The first kappa shape index (κ1) is 17.9. The summed E-state index contributed by atoms with van der Waals surface area (Å²) in [4.78, 5) is 0. The Labute approximate surface area is 148 Å².